The van der Waals surface area contributed by atoms with Crippen LogP contribution in [0.4, 0.5) is 0 Å². The fraction of sp³-hybridized carbons (Fsp3) is 0.438. The highest BCUT2D eigenvalue weighted by Crippen LogP contribution is 2.20. The Labute approximate surface area is 113 Å². The van der Waals surface area contributed by atoms with Gasteiger partial charge in [-0.05, 0) is 30.9 Å². The summed E-state index contributed by atoms with van der Waals surface area (Å²) in [6.07, 6.45) is 8.84. The van der Waals surface area contributed by atoms with Crippen molar-refractivity contribution in [1.29, 1.82) is 0 Å². The number of para-hydroxylation sites is 1. The molecule has 3 nitrogen and oxygen atoms in total. The summed E-state index contributed by atoms with van der Waals surface area (Å²) in [5, 5.41) is 9.87. The number of aromatic nitrogens is 1. The maximum Gasteiger partial charge on any atom is 0.303 e. The normalized spacial score (nSPS) is 10.9. The number of carbonyl (C=O) groups is 1. The van der Waals surface area contributed by atoms with Gasteiger partial charge >= 0.3 is 5.97 Å². The monoisotopic (exact) mass is 259 g/mol. The molecule has 0 atom stereocenters. The number of nitrogens with one attached hydrogen (secondary N) is 1. The van der Waals surface area contributed by atoms with Crippen molar-refractivity contribution in [2.75, 3.05) is 0 Å². The molecule has 0 aliphatic heterocycles. The zero-order chi connectivity index (χ0) is 13.5. The number of aryl methyl sites for hydroxylation is 1. The molecule has 0 radical (unpaired) electrons. The van der Waals surface area contributed by atoms with Crippen LogP contribution in [0.1, 0.15) is 44.1 Å². The predicted molar refractivity (Wildman–Crippen MR) is 77.3 cm³/mol. The first kappa shape index (κ1) is 13.7. The second kappa shape index (κ2) is 6.98. The molecular formula is C16H21NO2. The van der Waals surface area contributed by atoms with Crippen molar-refractivity contribution in [3.63, 3.8) is 0 Å². The highest BCUT2D eigenvalue weighted by molar-refractivity contribution is 5.82. The smallest absolute Gasteiger partial charge is 0.303 e. The Hall–Kier alpha value is -1.77. The van der Waals surface area contributed by atoms with Crippen molar-refractivity contribution >= 4 is 16.9 Å². The third-order valence-electron chi connectivity index (χ3n) is 3.51. The minimum Gasteiger partial charge on any atom is -0.481 e. The molecule has 1 aromatic heterocycles. The minimum atomic E-state index is -0.682. The summed E-state index contributed by atoms with van der Waals surface area (Å²) in [7, 11) is 0. The van der Waals surface area contributed by atoms with Gasteiger partial charge in [-0.1, -0.05) is 37.5 Å². The molecule has 19 heavy (non-hydrogen) atoms. The number of aromatic amines is 1. The Morgan fingerprint density at radius 2 is 1.79 bits per heavy atom. The van der Waals surface area contributed by atoms with Gasteiger partial charge < -0.3 is 10.1 Å². The van der Waals surface area contributed by atoms with Crippen LogP contribution in [0.25, 0.3) is 10.9 Å². The second-order valence-electron chi connectivity index (χ2n) is 5.02. The lowest BCUT2D eigenvalue weighted by molar-refractivity contribution is -0.137. The van der Waals surface area contributed by atoms with E-state index in [2.05, 4.69) is 29.4 Å². The number of hydrogen-bond acceptors (Lipinski definition) is 1. The summed E-state index contributed by atoms with van der Waals surface area (Å²) >= 11 is 0. The van der Waals surface area contributed by atoms with Crippen LogP contribution in [0.5, 0.6) is 0 Å². The van der Waals surface area contributed by atoms with Crippen molar-refractivity contribution in [1.82, 2.24) is 4.98 Å². The van der Waals surface area contributed by atoms with Crippen molar-refractivity contribution in [3.05, 3.63) is 36.0 Å². The van der Waals surface area contributed by atoms with E-state index in [9.17, 15) is 4.79 Å². The topological polar surface area (TPSA) is 53.1 Å². The Bertz CT molecular complexity index is 530. The van der Waals surface area contributed by atoms with Crippen molar-refractivity contribution < 1.29 is 9.90 Å². The van der Waals surface area contributed by atoms with Crippen LogP contribution >= 0.6 is 0 Å². The van der Waals surface area contributed by atoms with Gasteiger partial charge in [-0.25, -0.2) is 0 Å². The lowest BCUT2D eigenvalue weighted by Gasteiger charge is -2.01. The Balaban J connectivity index is 1.67. The van der Waals surface area contributed by atoms with Gasteiger partial charge in [0.25, 0.3) is 0 Å². The van der Waals surface area contributed by atoms with E-state index in [1.165, 1.54) is 29.3 Å². The summed E-state index contributed by atoms with van der Waals surface area (Å²) in [5.74, 6) is -0.682. The highest BCUT2D eigenvalue weighted by atomic mass is 16.4. The lowest BCUT2D eigenvalue weighted by atomic mass is 10.0. The number of benzene rings is 1. The maximum absolute atomic E-state index is 10.4. The molecule has 0 bridgehead atoms. The number of carboxylic acid groups (broad SMARTS) is 1. The number of rotatable bonds is 8. The van der Waals surface area contributed by atoms with Gasteiger partial charge in [-0.3, -0.25) is 4.79 Å². The molecule has 1 heterocycles. The van der Waals surface area contributed by atoms with E-state index in [-0.39, 0.29) is 0 Å². The molecule has 0 spiro atoms. The van der Waals surface area contributed by atoms with Crippen molar-refractivity contribution in [2.24, 2.45) is 0 Å². The molecule has 2 N–H and O–H groups in total. The van der Waals surface area contributed by atoms with Gasteiger partial charge in [-0.15, -0.1) is 0 Å². The van der Waals surface area contributed by atoms with Crippen LogP contribution < -0.4 is 0 Å². The zero-order valence-electron chi connectivity index (χ0n) is 11.2. The standard InChI is InChI=1S/C16H21NO2/c18-16(19)11-5-3-1-2-4-8-13-12-17-15-10-7-6-9-14(13)15/h6-7,9-10,12,17H,1-5,8,11H2,(H,18,19). The lowest BCUT2D eigenvalue weighted by Crippen LogP contribution is -1.93. The molecule has 2 rings (SSSR count). The van der Waals surface area contributed by atoms with Crippen molar-refractivity contribution in [3.8, 4) is 0 Å². The van der Waals surface area contributed by atoms with E-state index < -0.39 is 5.97 Å². The second-order valence-corrected chi connectivity index (χ2v) is 5.02. The molecule has 0 aliphatic carbocycles. The molecule has 1 aromatic carbocycles. The molecule has 0 fully saturated rings. The largest absolute Gasteiger partial charge is 0.481 e. The predicted octanol–water partition coefficient (Wildman–Crippen LogP) is 4.14. The molecule has 102 valence electrons. The van der Waals surface area contributed by atoms with Gasteiger partial charge in [0.05, 0.1) is 0 Å². The summed E-state index contributed by atoms with van der Waals surface area (Å²) < 4.78 is 0. The number of aliphatic carboxylic acids is 1. The first-order valence-corrected chi connectivity index (χ1v) is 7.04. The number of carboxylic acids is 1. The molecule has 0 unspecified atom stereocenters. The summed E-state index contributed by atoms with van der Waals surface area (Å²) in [6, 6.07) is 8.38. The fourth-order valence-electron chi connectivity index (χ4n) is 2.46. The van der Waals surface area contributed by atoms with E-state index >= 15 is 0 Å². The first-order valence-electron chi connectivity index (χ1n) is 7.04. The maximum atomic E-state index is 10.4. The van der Waals surface area contributed by atoms with Gasteiger partial charge in [0.15, 0.2) is 0 Å². The summed E-state index contributed by atoms with van der Waals surface area (Å²) in [6.45, 7) is 0. The van der Waals surface area contributed by atoms with E-state index in [4.69, 9.17) is 5.11 Å². The average Bonchev–Trinajstić information content (AvgIpc) is 2.81. The minimum absolute atomic E-state index is 0.308. The van der Waals surface area contributed by atoms with E-state index in [1.807, 2.05) is 6.07 Å². The average molecular weight is 259 g/mol. The number of hydrogen-bond donors (Lipinski definition) is 2. The Kier molecular flexibility index (Phi) is 5.01. The number of unbranched alkanes of at least 4 members (excludes halogenated alkanes) is 4. The summed E-state index contributed by atoms with van der Waals surface area (Å²) in [4.78, 5) is 13.7. The third kappa shape index (κ3) is 4.12. The Morgan fingerprint density at radius 1 is 1.05 bits per heavy atom. The first-order chi connectivity index (χ1) is 9.27. The van der Waals surface area contributed by atoms with Crippen LogP contribution in [0.3, 0.4) is 0 Å². The van der Waals surface area contributed by atoms with Gasteiger partial charge in [-0.2, -0.15) is 0 Å². The van der Waals surface area contributed by atoms with E-state index in [1.54, 1.807) is 0 Å². The number of fused-ring (bicyclic) bond motifs is 1. The zero-order valence-corrected chi connectivity index (χ0v) is 11.2. The summed E-state index contributed by atoms with van der Waals surface area (Å²) in [5.41, 5.74) is 2.60. The van der Waals surface area contributed by atoms with Crippen molar-refractivity contribution in [2.45, 2.75) is 44.9 Å². The SMILES string of the molecule is O=C(O)CCCCCCCc1c[nH]c2ccccc12. The highest BCUT2D eigenvalue weighted by Gasteiger charge is 2.02. The van der Waals surface area contributed by atoms with Gasteiger partial charge in [0, 0.05) is 23.5 Å². The number of H-pyrrole nitrogens is 1. The third-order valence-corrected chi connectivity index (χ3v) is 3.51. The van der Waals surface area contributed by atoms with Crippen LogP contribution in [0.2, 0.25) is 0 Å². The molecule has 0 amide bonds. The molecule has 3 heteroatoms. The molecule has 0 aliphatic rings. The van der Waals surface area contributed by atoms with Crippen LogP contribution in [0, 0.1) is 0 Å². The Morgan fingerprint density at radius 3 is 2.63 bits per heavy atom. The molecular weight excluding hydrogens is 238 g/mol. The van der Waals surface area contributed by atoms with Crippen LogP contribution in [-0.4, -0.2) is 16.1 Å². The quantitative estimate of drug-likeness (QED) is 0.700. The fourth-order valence-corrected chi connectivity index (χ4v) is 2.46. The van der Waals surface area contributed by atoms with E-state index in [0.717, 1.165) is 25.7 Å². The van der Waals surface area contributed by atoms with Gasteiger partial charge in [0.2, 0.25) is 0 Å². The molecule has 0 saturated carbocycles. The van der Waals surface area contributed by atoms with E-state index in [0.29, 0.717) is 6.42 Å². The van der Waals surface area contributed by atoms with Crippen LogP contribution in [-0.2, 0) is 11.2 Å². The molecule has 0 saturated heterocycles. The van der Waals surface area contributed by atoms with Gasteiger partial charge in [0.1, 0.15) is 0 Å². The molecule has 2 aromatic rings. The van der Waals surface area contributed by atoms with Crippen LogP contribution in [0.15, 0.2) is 30.5 Å².